The van der Waals surface area contributed by atoms with Crippen molar-refractivity contribution in [2.45, 2.75) is 31.6 Å². The molecule has 152 valence electrons. The number of ketones is 1. The number of nitriles is 1. The number of nitrogens with two attached hydrogens (primary N) is 1. The molecule has 4 rings (SSSR count). The van der Waals surface area contributed by atoms with Gasteiger partial charge in [0.25, 0.3) is 0 Å². The molecule has 0 saturated carbocycles. The standard InChI is InChI=1S/C25H26N4O/c1-16-9-7-8-12-19(16)23-20(15-26)25(27)29(28(2)3)21-13-18(14-22(30)24(21)23)17-10-5-4-6-11-17/h4-12,18,23H,13-14,27H2,1-3H3/t18-,23+/m0/s1. The number of hydrazine groups is 1. The van der Waals surface area contributed by atoms with E-state index in [1.54, 1.807) is 0 Å². The summed E-state index contributed by atoms with van der Waals surface area (Å²) in [5.74, 6) is 0.155. The summed E-state index contributed by atoms with van der Waals surface area (Å²) in [5, 5.41) is 13.7. The Morgan fingerprint density at radius 2 is 1.73 bits per heavy atom. The van der Waals surface area contributed by atoms with Gasteiger partial charge in [0, 0.05) is 31.8 Å². The molecule has 1 aliphatic heterocycles. The van der Waals surface area contributed by atoms with E-state index in [-0.39, 0.29) is 11.7 Å². The Bertz CT molecular complexity index is 1090. The molecule has 0 bridgehead atoms. The van der Waals surface area contributed by atoms with Gasteiger partial charge in [0.05, 0.1) is 17.6 Å². The van der Waals surface area contributed by atoms with E-state index in [0.29, 0.717) is 29.8 Å². The summed E-state index contributed by atoms with van der Waals surface area (Å²) < 4.78 is 0. The third kappa shape index (κ3) is 3.20. The van der Waals surface area contributed by atoms with E-state index in [1.807, 2.05) is 73.5 Å². The van der Waals surface area contributed by atoms with Crippen LogP contribution in [0.4, 0.5) is 0 Å². The van der Waals surface area contributed by atoms with Gasteiger partial charge in [-0.15, -0.1) is 0 Å². The lowest BCUT2D eigenvalue weighted by Crippen LogP contribution is -2.46. The van der Waals surface area contributed by atoms with E-state index in [4.69, 9.17) is 5.73 Å². The van der Waals surface area contributed by atoms with E-state index in [0.717, 1.165) is 22.4 Å². The quantitative estimate of drug-likeness (QED) is 0.847. The first-order valence-corrected chi connectivity index (χ1v) is 10.2. The summed E-state index contributed by atoms with van der Waals surface area (Å²) in [6.07, 6.45) is 1.14. The molecule has 2 aromatic carbocycles. The number of rotatable bonds is 3. The maximum atomic E-state index is 13.6. The minimum Gasteiger partial charge on any atom is -0.383 e. The van der Waals surface area contributed by atoms with Crippen LogP contribution in [-0.2, 0) is 4.79 Å². The maximum Gasteiger partial charge on any atom is 0.162 e. The van der Waals surface area contributed by atoms with Gasteiger partial charge in [0.15, 0.2) is 5.78 Å². The molecule has 1 heterocycles. The van der Waals surface area contributed by atoms with Crippen LogP contribution >= 0.6 is 0 Å². The molecule has 2 atom stereocenters. The number of carbonyl (C=O) groups excluding carboxylic acids is 1. The first-order chi connectivity index (χ1) is 14.4. The summed E-state index contributed by atoms with van der Waals surface area (Å²) in [6.45, 7) is 2.01. The number of aryl methyl sites for hydroxylation is 1. The van der Waals surface area contributed by atoms with Gasteiger partial charge in [-0.1, -0.05) is 54.6 Å². The van der Waals surface area contributed by atoms with E-state index in [9.17, 15) is 10.1 Å². The number of benzene rings is 2. The molecule has 5 nitrogen and oxygen atoms in total. The van der Waals surface area contributed by atoms with Crippen molar-refractivity contribution in [2.24, 2.45) is 5.73 Å². The number of carbonyl (C=O) groups is 1. The predicted octanol–water partition coefficient (Wildman–Crippen LogP) is 3.97. The molecule has 0 aromatic heterocycles. The fourth-order valence-corrected chi connectivity index (χ4v) is 4.75. The number of Topliss-reactive ketones (excluding diaryl/α,β-unsaturated/α-hetero) is 1. The van der Waals surface area contributed by atoms with Crippen molar-refractivity contribution in [2.75, 3.05) is 14.1 Å². The average molecular weight is 399 g/mol. The fourth-order valence-electron chi connectivity index (χ4n) is 4.75. The summed E-state index contributed by atoms with van der Waals surface area (Å²) >= 11 is 0. The fraction of sp³-hybridized carbons (Fsp3) is 0.280. The lowest BCUT2D eigenvalue weighted by atomic mass is 9.71. The van der Waals surface area contributed by atoms with Crippen molar-refractivity contribution in [3.63, 3.8) is 0 Å². The topological polar surface area (TPSA) is 73.4 Å². The van der Waals surface area contributed by atoms with Gasteiger partial charge in [-0.05, 0) is 36.0 Å². The zero-order valence-corrected chi connectivity index (χ0v) is 17.6. The zero-order valence-electron chi connectivity index (χ0n) is 17.6. The molecule has 0 fully saturated rings. The molecule has 5 heteroatoms. The van der Waals surface area contributed by atoms with Crippen molar-refractivity contribution >= 4 is 5.78 Å². The maximum absolute atomic E-state index is 13.6. The van der Waals surface area contributed by atoms with E-state index >= 15 is 0 Å². The van der Waals surface area contributed by atoms with E-state index in [1.165, 1.54) is 0 Å². The van der Waals surface area contributed by atoms with Crippen LogP contribution in [0.1, 0.15) is 41.4 Å². The average Bonchev–Trinajstić information content (AvgIpc) is 2.73. The van der Waals surface area contributed by atoms with Gasteiger partial charge in [0.1, 0.15) is 5.82 Å². The van der Waals surface area contributed by atoms with Crippen LogP contribution < -0.4 is 5.73 Å². The lowest BCUT2D eigenvalue weighted by molar-refractivity contribution is -0.117. The monoisotopic (exact) mass is 398 g/mol. The largest absolute Gasteiger partial charge is 0.383 e. The number of allylic oxidation sites excluding steroid dienone is 3. The van der Waals surface area contributed by atoms with Gasteiger partial charge in [-0.25, -0.2) is 5.01 Å². The first-order valence-electron chi connectivity index (χ1n) is 10.2. The van der Waals surface area contributed by atoms with Crippen molar-refractivity contribution < 1.29 is 4.79 Å². The molecule has 0 amide bonds. The zero-order chi connectivity index (χ0) is 21.4. The normalized spacial score (nSPS) is 21.7. The summed E-state index contributed by atoms with van der Waals surface area (Å²) in [5.41, 5.74) is 11.7. The van der Waals surface area contributed by atoms with Gasteiger partial charge in [0.2, 0.25) is 0 Å². The van der Waals surface area contributed by atoms with Crippen molar-refractivity contribution in [1.82, 2.24) is 10.0 Å². The molecule has 0 saturated heterocycles. The van der Waals surface area contributed by atoms with E-state index in [2.05, 4.69) is 18.2 Å². The van der Waals surface area contributed by atoms with Crippen LogP contribution in [0.3, 0.4) is 0 Å². The smallest absolute Gasteiger partial charge is 0.162 e. The van der Waals surface area contributed by atoms with Gasteiger partial charge in [-0.3, -0.25) is 9.80 Å². The molecule has 30 heavy (non-hydrogen) atoms. The van der Waals surface area contributed by atoms with Crippen LogP contribution in [0.25, 0.3) is 0 Å². The molecule has 0 spiro atoms. The molecule has 1 aliphatic carbocycles. The number of hydrogen-bond acceptors (Lipinski definition) is 5. The van der Waals surface area contributed by atoms with Crippen LogP contribution in [-0.4, -0.2) is 29.9 Å². The van der Waals surface area contributed by atoms with Gasteiger partial charge >= 0.3 is 0 Å². The van der Waals surface area contributed by atoms with Crippen LogP contribution in [0.5, 0.6) is 0 Å². The lowest BCUT2D eigenvalue weighted by Gasteiger charge is -2.44. The molecular weight excluding hydrogens is 372 g/mol. The van der Waals surface area contributed by atoms with E-state index < -0.39 is 5.92 Å². The van der Waals surface area contributed by atoms with Gasteiger partial charge < -0.3 is 5.73 Å². The SMILES string of the molecule is Cc1ccccc1[C@@H]1C(C#N)=C(N)N(N(C)C)C2=C1C(=O)C[C@@H](c1ccccc1)C2. The number of nitrogens with zero attached hydrogens (tertiary/aromatic N) is 3. The highest BCUT2D eigenvalue weighted by atomic mass is 16.1. The minimum absolute atomic E-state index is 0.0884. The van der Waals surface area contributed by atoms with Crippen LogP contribution in [0, 0.1) is 18.3 Å². The Morgan fingerprint density at radius 3 is 2.37 bits per heavy atom. The third-order valence-corrected chi connectivity index (χ3v) is 6.11. The van der Waals surface area contributed by atoms with Crippen molar-refractivity contribution in [3.05, 3.63) is 94.0 Å². The van der Waals surface area contributed by atoms with Gasteiger partial charge in [-0.2, -0.15) is 5.26 Å². The van der Waals surface area contributed by atoms with Crippen LogP contribution in [0.15, 0.2) is 77.3 Å². The highest BCUT2D eigenvalue weighted by molar-refractivity contribution is 6.00. The third-order valence-electron chi connectivity index (χ3n) is 6.11. The molecule has 2 N–H and O–H groups in total. The number of hydrogen-bond donors (Lipinski definition) is 1. The second-order valence-corrected chi connectivity index (χ2v) is 8.16. The predicted molar refractivity (Wildman–Crippen MR) is 117 cm³/mol. The molecule has 2 aromatic rings. The minimum atomic E-state index is -0.424. The second-order valence-electron chi connectivity index (χ2n) is 8.16. The Morgan fingerprint density at radius 1 is 1.07 bits per heavy atom. The van der Waals surface area contributed by atoms with Crippen LogP contribution in [0.2, 0.25) is 0 Å². The molecule has 2 aliphatic rings. The highest BCUT2D eigenvalue weighted by Crippen LogP contribution is 2.48. The molecule has 0 radical (unpaired) electrons. The summed E-state index contributed by atoms with van der Waals surface area (Å²) in [4.78, 5) is 13.6. The molecular formula is C25H26N4O. The highest BCUT2D eigenvalue weighted by Gasteiger charge is 2.43. The summed E-state index contributed by atoms with van der Waals surface area (Å²) in [7, 11) is 3.77. The Hall–Kier alpha value is -3.36. The Balaban J connectivity index is 1.92. The Labute approximate surface area is 177 Å². The Kier molecular flexibility index (Phi) is 5.19. The molecule has 0 unspecified atom stereocenters. The summed E-state index contributed by atoms with van der Waals surface area (Å²) in [6, 6.07) is 20.4. The van der Waals surface area contributed by atoms with Crippen molar-refractivity contribution in [3.8, 4) is 6.07 Å². The first kappa shape index (κ1) is 19.9. The van der Waals surface area contributed by atoms with Crippen molar-refractivity contribution in [1.29, 1.82) is 5.26 Å². The second kappa shape index (κ2) is 7.81.